The summed E-state index contributed by atoms with van der Waals surface area (Å²) in [5, 5.41) is 2.94. The van der Waals surface area contributed by atoms with Gasteiger partial charge in [0.1, 0.15) is 11.5 Å². The monoisotopic (exact) mass is 431 g/mol. The highest BCUT2D eigenvalue weighted by Gasteiger charge is 2.39. The number of pyridine rings is 1. The van der Waals surface area contributed by atoms with E-state index >= 15 is 0 Å². The number of aryl methyl sites for hydroxylation is 1. The van der Waals surface area contributed by atoms with E-state index in [0.717, 1.165) is 16.8 Å². The number of hydrogen-bond donors (Lipinski definition) is 1. The molecule has 32 heavy (non-hydrogen) atoms. The van der Waals surface area contributed by atoms with Gasteiger partial charge in [0, 0.05) is 24.0 Å². The second-order valence-corrected chi connectivity index (χ2v) is 7.62. The predicted octanol–water partition coefficient (Wildman–Crippen LogP) is 3.82. The largest absolute Gasteiger partial charge is 0.497 e. The second kappa shape index (κ2) is 9.09. The van der Waals surface area contributed by atoms with Gasteiger partial charge in [-0.05, 0) is 49.4 Å². The highest BCUT2D eigenvalue weighted by atomic mass is 16.5. The summed E-state index contributed by atoms with van der Waals surface area (Å²) >= 11 is 0. The van der Waals surface area contributed by atoms with Gasteiger partial charge < -0.3 is 14.8 Å². The van der Waals surface area contributed by atoms with E-state index in [9.17, 15) is 9.59 Å². The molecule has 2 heterocycles. The highest BCUT2D eigenvalue weighted by Crippen LogP contribution is 2.38. The molecule has 1 aliphatic rings. The summed E-state index contributed by atoms with van der Waals surface area (Å²) in [6, 6.07) is 16.1. The lowest BCUT2D eigenvalue weighted by Crippen LogP contribution is -2.33. The molecule has 0 radical (unpaired) electrons. The third-order valence-electron chi connectivity index (χ3n) is 5.57. The van der Waals surface area contributed by atoms with E-state index in [0.29, 0.717) is 22.8 Å². The number of carbonyl (C=O) groups excluding carboxylic acids is 2. The van der Waals surface area contributed by atoms with Crippen LogP contribution in [-0.2, 0) is 11.3 Å². The van der Waals surface area contributed by atoms with Crippen molar-refractivity contribution in [2.75, 3.05) is 19.1 Å². The fraction of sp³-hybridized carbons (Fsp3) is 0.240. The molecule has 0 bridgehead atoms. The fourth-order valence-electron chi connectivity index (χ4n) is 3.91. The van der Waals surface area contributed by atoms with Crippen molar-refractivity contribution < 1.29 is 19.1 Å². The Hall–Kier alpha value is -3.87. The summed E-state index contributed by atoms with van der Waals surface area (Å²) in [4.78, 5) is 32.1. The van der Waals surface area contributed by atoms with Gasteiger partial charge in [0.05, 0.1) is 37.9 Å². The van der Waals surface area contributed by atoms with Crippen molar-refractivity contribution >= 4 is 17.5 Å². The van der Waals surface area contributed by atoms with Crippen LogP contribution >= 0.6 is 0 Å². The van der Waals surface area contributed by atoms with Crippen LogP contribution in [-0.4, -0.2) is 31.0 Å². The lowest BCUT2D eigenvalue weighted by Gasteiger charge is -2.25. The quantitative estimate of drug-likeness (QED) is 0.615. The molecular weight excluding hydrogens is 406 g/mol. The maximum atomic E-state index is 13.1. The molecule has 1 atom stereocenters. The van der Waals surface area contributed by atoms with Gasteiger partial charge in [0.2, 0.25) is 5.91 Å². The molecule has 1 N–H and O–H groups in total. The Morgan fingerprint density at radius 3 is 2.59 bits per heavy atom. The first-order valence-corrected chi connectivity index (χ1v) is 10.3. The molecule has 0 unspecified atom stereocenters. The Balaban J connectivity index is 1.55. The van der Waals surface area contributed by atoms with E-state index in [1.54, 1.807) is 49.6 Å². The first kappa shape index (κ1) is 21.4. The Morgan fingerprint density at radius 1 is 1.09 bits per heavy atom. The molecule has 0 aliphatic carbocycles. The molecule has 4 rings (SSSR count). The SMILES string of the molecule is COc1ccc(OC)c(CNC(=O)C[C@H]2c3ncccc3C(=O)N2c2ccc(C)cc2)c1. The molecule has 7 heteroatoms. The molecule has 1 aliphatic heterocycles. The number of amides is 2. The number of benzene rings is 2. The van der Waals surface area contributed by atoms with E-state index in [4.69, 9.17) is 9.47 Å². The van der Waals surface area contributed by atoms with Crippen molar-refractivity contribution in [1.29, 1.82) is 0 Å². The van der Waals surface area contributed by atoms with Crippen molar-refractivity contribution in [2.45, 2.75) is 25.9 Å². The molecule has 164 valence electrons. The summed E-state index contributed by atoms with van der Waals surface area (Å²) in [6.45, 7) is 2.27. The molecule has 2 amide bonds. The van der Waals surface area contributed by atoms with E-state index in [2.05, 4.69) is 10.3 Å². The van der Waals surface area contributed by atoms with Gasteiger partial charge in [-0.2, -0.15) is 0 Å². The average Bonchev–Trinajstić information content (AvgIpc) is 3.09. The number of nitrogens with zero attached hydrogens (tertiary/aromatic N) is 2. The van der Waals surface area contributed by atoms with Crippen LogP contribution in [0.2, 0.25) is 0 Å². The third-order valence-corrected chi connectivity index (χ3v) is 5.57. The first-order valence-electron chi connectivity index (χ1n) is 10.3. The predicted molar refractivity (Wildman–Crippen MR) is 121 cm³/mol. The molecule has 0 fully saturated rings. The number of methoxy groups -OCH3 is 2. The van der Waals surface area contributed by atoms with Gasteiger partial charge in [-0.1, -0.05) is 17.7 Å². The van der Waals surface area contributed by atoms with Crippen LogP contribution in [0.25, 0.3) is 0 Å². The van der Waals surface area contributed by atoms with E-state index in [1.165, 1.54) is 0 Å². The fourth-order valence-corrected chi connectivity index (χ4v) is 3.91. The lowest BCUT2D eigenvalue weighted by atomic mass is 10.1. The molecule has 0 spiro atoms. The molecular formula is C25H25N3O4. The van der Waals surface area contributed by atoms with Gasteiger partial charge in [-0.3, -0.25) is 19.5 Å². The van der Waals surface area contributed by atoms with Gasteiger partial charge in [-0.15, -0.1) is 0 Å². The Bertz CT molecular complexity index is 1140. The maximum Gasteiger partial charge on any atom is 0.260 e. The summed E-state index contributed by atoms with van der Waals surface area (Å²) < 4.78 is 10.7. The van der Waals surface area contributed by atoms with E-state index in [1.807, 2.05) is 37.3 Å². The van der Waals surface area contributed by atoms with Crippen LogP contribution in [0.4, 0.5) is 5.69 Å². The third kappa shape index (κ3) is 4.14. The van der Waals surface area contributed by atoms with Gasteiger partial charge in [0.15, 0.2) is 0 Å². The topological polar surface area (TPSA) is 80.8 Å². The van der Waals surface area contributed by atoms with Crippen LogP contribution in [0.5, 0.6) is 11.5 Å². The van der Waals surface area contributed by atoms with Gasteiger partial charge in [0.25, 0.3) is 5.91 Å². The molecule has 0 saturated heterocycles. The summed E-state index contributed by atoms with van der Waals surface area (Å²) in [5.74, 6) is 1.00. The van der Waals surface area contributed by atoms with Crippen molar-refractivity contribution in [1.82, 2.24) is 10.3 Å². The van der Waals surface area contributed by atoms with E-state index in [-0.39, 0.29) is 24.8 Å². The number of anilines is 1. The van der Waals surface area contributed by atoms with Crippen LogP contribution in [0, 0.1) is 6.92 Å². The summed E-state index contributed by atoms with van der Waals surface area (Å²) in [6.07, 6.45) is 1.74. The van der Waals surface area contributed by atoms with Crippen LogP contribution in [0.1, 0.15) is 39.6 Å². The van der Waals surface area contributed by atoms with Crippen molar-refractivity contribution in [3.05, 3.63) is 83.2 Å². The molecule has 0 saturated carbocycles. The van der Waals surface area contributed by atoms with Crippen molar-refractivity contribution in [3.8, 4) is 11.5 Å². The average molecular weight is 431 g/mol. The summed E-state index contributed by atoms with van der Waals surface area (Å²) in [5.41, 5.74) is 3.78. The van der Waals surface area contributed by atoms with Crippen LogP contribution in [0.15, 0.2) is 60.8 Å². The molecule has 3 aromatic rings. The molecule has 1 aromatic heterocycles. The number of aromatic nitrogens is 1. The smallest absolute Gasteiger partial charge is 0.260 e. The Kier molecular flexibility index (Phi) is 6.07. The number of nitrogens with one attached hydrogen (secondary N) is 1. The minimum absolute atomic E-state index is 0.0932. The number of hydrogen-bond acceptors (Lipinski definition) is 5. The van der Waals surface area contributed by atoms with Gasteiger partial charge in [-0.25, -0.2) is 0 Å². The highest BCUT2D eigenvalue weighted by molar-refractivity contribution is 6.11. The number of carbonyl (C=O) groups is 2. The standard InChI is InChI=1S/C25H25N3O4/c1-16-6-8-18(9-7-16)28-21(24-20(25(28)30)5-4-12-26-24)14-23(29)27-15-17-13-19(31-2)10-11-22(17)32-3/h4-13,21H,14-15H2,1-3H3,(H,27,29)/t21-/m0/s1. The zero-order valence-electron chi connectivity index (χ0n) is 18.3. The van der Waals surface area contributed by atoms with E-state index < -0.39 is 6.04 Å². The minimum Gasteiger partial charge on any atom is -0.497 e. The maximum absolute atomic E-state index is 13.1. The van der Waals surface area contributed by atoms with Crippen molar-refractivity contribution in [3.63, 3.8) is 0 Å². The number of fused-ring (bicyclic) bond motifs is 1. The Morgan fingerprint density at radius 2 is 1.88 bits per heavy atom. The van der Waals surface area contributed by atoms with Crippen LogP contribution in [0.3, 0.4) is 0 Å². The number of ether oxygens (including phenoxy) is 2. The second-order valence-electron chi connectivity index (χ2n) is 7.62. The molecule has 2 aromatic carbocycles. The first-order chi connectivity index (χ1) is 15.5. The lowest BCUT2D eigenvalue weighted by molar-refractivity contribution is -0.121. The van der Waals surface area contributed by atoms with Gasteiger partial charge >= 0.3 is 0 Å². The van der Waals surface area contributed by atoms with Crippen LogP contribution < -0.4 is 19.7 Å². The summed E-state index contributed by atoms with van der Waals surface area (Å²) in [7, 11) is 3.17. The van der Waals surface area contributed by atoms with Crippen molar-refractivity contribution in [2.24, 2.45) is 0 Å². The Labute approximate surface area is 187 Å². The number of rotatable bonds is 7. The zero-order chi connectivity index (χ0) is 22.7. The normalized spacial score (nSPS) is 14.8. The zero-order valence-corrected chi connectivity index (χ0v) is 18.3. The minimum atomic E-state index is -0.478. The molecule has 7 nitrogen and oxygen atoms in total.